The smallest absolute Gasteiger partial charge is 0.270 e. The number of pyridine rings is 1. The van der Waals surface area contributed by atoms with Crippen molar-refractivity contribution in [2.24, 2.45) is 0 Å². The number of alkyl halides is 1. The third kappa shape index (κ3) is 5.78. The van der Waals surface area contributed by atoms with Crippen LogP contribution in [-0.4, -0.2) is 29.4 Å². The Morgan fingerprint density at radius 3 is 2.61 bits per heavy atom. The molecule has 150 valence electrons. The first-order chi connectivity index (χ1) is 13.3. The highest BCUT2D eigenvalue weighted by atomic mass is 35.5. The number of aromatic nitrogens is 1. The van der Waals surface area contributed by atoms with Crippen LogP contribution in [-0.2, 0) is 4.74 Å². The number of rotatable bonds is 8. The Morgan fingerprint density at radius 2 is 1.93 bits per heavy atom. The van der Waals surface area contributed by atoms with Gasteiger partial charge in [-0.05, 0) is 57.0 Å². The van der Waals surface area contributed by atoms with Gasteiger partial charge in [0, 0.05) is 24.0 Å². The molecule has 7 heteroatoms. The maximum atomic E-state index is 12.8. The Bertz CT molecular complexity index is 841. The third-order valence-electron chi connectivity index (χ3n) is 4.20. The first kappa shape index (κ1) is 21.9. The van der Waals surface area contributed by atoms with Gasteiger partial charge in [0.1, 0.15) is 5.69 Å². The van der Waals surface area contributed by atoms with E-state index in [9.17, 15) is 9.59 Å². The topological polar surface area (TPSA) is 80.3 Å². The average molecular weight is 404 g/mol. The summed E-state index contributed by atoms with van der Waals surface area (Å²) in [4.78, 5) is 29.7. The van der Waals surface area contributed by atoms with Crippen LogP contribution in [0.1, 0.15) is 64.9 Å². The quantitative estimate of drug-likeness (QED) is 0.638. The number of halogens is 1. The molecule has 2 aromatic rings. The standard InChI is InChI=1S/C21H26ClN3O3/c1-5-13(3)24-21(27)18-17(11-10-14(4)23-18)20(26)25-16-9-7-8-15(12-16)19(22)28-6-2/h7-13,19H,5-6H2,1-4H3,(H,24,27)(H,25,26). The number of benzene rings is 1. The second-order valence-electron chi connectivity index (χ2n) is 6.48. The molecule has 2 unspecified atom stereocenters. The predicted octanol–water partition coefficient (Wildman–Crippen LogP) is 4.44. The van der Waals surface area contributed by atoms with Crippen molar-refractivity contribution in [2.75, 3.05) is 11.9 Å². The molecule has 0 bridgehead atoms. The van der Waals surface area contributed by atoms with E-state index in [4.69, 9.17) is 16.3 Å². The van der Waals surface area contributed by atoms with E-state index in [1.54, 1.807) is 37.3 Å². The zero-order valence-electron chi connectivity index (χ0n) is 16.6. The molecule has 6 nitrogen and oxygen atoms in total. The number of aryl methyl sites for hydroxylation is 1. The Balaban J connectivity index is 2.25. The van der Waals surface area contributed by atoms with Crippen LogP contribution in [0.15, 0.2) is 36.4 Å². The SMILES string of the molecule is CCOC(Cl)c1cccc(NC(=O)c2ccc(C)nc2C(=O)NC(C)CC)c1. The van der Waals surface area contributed by atoms with Crippen molar-refractivity contribution in [3.63, 3.8) is 0 Å². The summed E-state index contributed by atoms with van der Waals surface area (Å²) < 4.78 is 5.37. The molecule has 0 aliphatic carbocycles. The van der Waals surface area contributed by atoms with Crippen LogP contribution < -0.4 is 10.6 Å². The number of carbonyl (C=O) groups excluding carboxylic acids is 2. The highest BCUT2D eigenvalue weighted by molar-refractivity contribution is 6.20. The number of hydrogen-bond acceptors (Lipinski definition) is 4. The molecular weight excluding hydrogens is 378 g/mol. The van der Waals surface area contributed by atoms with Crippen molar-refractivity contribution in [3.8, 4) is 0 Å². The van der Waals surface area contributed by atoms with E-state index >= 15 is 0 Å². The lowest BCUT2D eigenvalue weighted by molar-refractivity contribution is 0.0922. The zero-order chi connectivity index (χ0) is 20.7. The van der Waals surface area contributed by atoms with E-state index in [-0.39, 0.29) is 23.2 Å². The molecule has 2 amide bonds. The molecule has 0 aliphatic heterocycles. The summed E-state index contributed by atoms with van der Waals surface area (Å²) in [6, 6.07) is 10.4. The number of ether oxygens (including phenoxy) is 1. The minimum atomic E-state index is -0.597. The molecule has 1 aromatic carbocycles. The monoisotopic (exact) mass is 403 g/mol. The van der Waals surface area contributed by atoms with Crippen molar-refractivity contribution in [3.05, 3.63) is 58.9 Å². The average Bonchev–Trinajstić information content (AvgIpc) is 2.68. The largest absolute Gasteiger partial charge is 0.359 e. The van der Waals surface area contributed by atoms with Crippen LogP contribution in [0, 0.1) is 6.92 Å². The van der Waals surface area contributed by atoms with Crippen molar-refractivity contribution >= 4 is 29.1 Å². The van der Waals surface area contributed by atoms with Crippen LogP contribution in [0.3, 0.4) is 0 Å². The van der Waals surface area contributed by atoms with Gasteiger partial charge in [-0.3, -0.25) is 9.59 Å². The van der Waals surface area contributed by atoms with Gasteiger partial charge >= 0.3 is 0 Å². The van der Waals surface area contributed by atoms with E-state index in [0.717, 1.165) is 12.0 Å². The summed E-state index contributed by atoms with van der Waals surface area (Å²) in [5, 5.41) is 5.66. The lowest BCUT2D eigenvalue weighted by Gasteiger charge is -2.15. The summed E-state index contributed by atoms with van der Waals surface area (Å²) in [5.74, 6) is -0.782. The number of carbonyl (C=O) groups is 2. The highest BCUT2D eigenvalue weighted by Gasteiger charge is 2.20. The van der Waals surface area contributed by atoms with Crippen molar-refractivity contribution in [2.45, 2.75) is 45.7 Å². The molecular formula is C21H26ClN3O3. The van der Waals surface area contributed by atoms with Gasteiger partial charge < -0.3 is 15.4 Å². The van der Waals surface area contributed by atoms with Crippen LogP contribution in [0.5, 0.6) is 0 Å². The number of hydrogen-bond donors (Lipinski definition) is 2. The Hall–Kier alpha value is -2.44. The third-order valence-corrected chi connectivity index (χ3v) is 4.58. The van der Waals surface area contributed by atoms with Gasteiger partial charge in [-0.1, -0.05) is 30.7 Å². The number of anilines is 1. The zero-order valence-corrected chi connectivity index (χ0v) is 17.3. The molecule has 2 atom stereocenters. The molecule has 0 saturated carbocycles. The van der Waals surface area contributed by atoms with Gasteiger partial charge in [0.25, 0.3) is 11.8 Å². The summed E-state index contributed by atoms with van der Waals surface area (Å²) in [5.41, 5.74) is 1.68. The summed E-state index contributed by atoms with van der Waals surface area (Å²) in [6.45, 7) is 7.99. The molecule has 0 radical (unpaired) electrons. The second-order valence-corrected chi connectivity index (χ2v) is 6.88. The normalized spacial score (nSPS) is 12.9. The van der Waals surface area contributed by atoms with Crippen LogP contribution >= 0.6 is 11.6 Å². The fourth-order valence-corrected chi connectivity index (χ4v) is 2.77. The fraction of sp³-hybridized carbons (Fsp3) is 0.381. The lowest BCUT2D eigenvalue weighted by Crippen LogP contribution is -2.34. The van der Waals surface area contributed by atoms with Crippen LogP contribution in [0.25, 0.3) is 0 Å². The highest BCUT2D eigenvalue weighted by Crippen LogP contribution is 2.24. The van der Waals surface area contributed by atoms with Crippen molar-refractivity contribution in [1.29, 1.82) is 0 Å². The van der Waals surface area contributed by atoms with Gasteiger partial charge in [0.15, 0.2) is 5.56 Å². The lowest BCUT2D eigenvalue weighted by atomic mass is 10.1. The van der Waals surface area contributed by atoms with Crippen LogP contribution in [0.2, 0.25) is 0 Å². The van der Waals surface area contributed by atoms with Gasteiger partial charge in [-0.15, -0.1) is 0 Å². The first-order valence-electron chi connectivity index (χ1n) is 9.31. The number of nitrogens with one attached hydrogen (secondary N) is 2. The molecule has 0 spiro atoms. The minimum Gasteiger partial charge on any atom is -0.359 e. The molecule has 2 rings (SSSR count). The van der Waals surface area contributed by atoms with E-state index < -0.39 is 11.5 Å². The van der Waals surface area contributed by atoms with E-state index in [0.29, 0.717) is 18.0 Å². The summed E-state index contributed by atoms with van der Waals surface area (Å²) >= 11 is 6.18. The fourth-order valence-electron chi connectivity index (χ4n) is 2.51. The summed E-state index contributed by atoms with van der Waals surface area (Å²) in [6.07, 6.45) is 0.783. The van der Waals surface area contributed by atoms with Gasteiger partial charge in [0.05, 0.1) is 5.56 Å². The Kier molecular flexibility index (Phi) is 7.96. The van der Waals surface area contributed by atoms with Crippen molar-refractivity contribution in [1.82, 2.24) is 10.3 Å². The van der Waals surface area contributed by atoms with Gasteiger partial charge in [-0.25, -0.2) is 4.98 Å². The number of nitrogens with zero attached hydrogens (tertiary/aromatic N) is 1. The Morgan fingerprint density at radius 1 is 1.18 bits per heavy atom. The second kappa shape index (κ2) is 10.2. The van der Waals surface area contributed by atoms with Crippen LogP contribution in [0.4, 0.5) is 5.69 Å². The predicted molar refractivity (Wildman–Crippen MR) is 111 cm³/mol. The molecule has 0 aliphatic rings. The molecule has 28 heavy (non-hydrogen) atoms. The molecule has 2 N–H and O–H groups in total. The molecule has 1 heterocycles. The maximum Gasteiger partial charge on any atom is 0.270 e. The van der Waals surface area contributed by atoms with Crippen molar-refractivity contribution < 1.29 is 14.3 Å². The van der Waals surface area contributed by atoms with E-state index in [1.165, 1.54) is 0 Å². The molecule has 0 saturated heterocycles. The Labute approximate surface area is 170 Å². The van der Waals surface area contributed by atoms with Gasteiger partial charge in [-0.2, -0.15) is 0 Å². The maximum absolute atomic E-state index is 12.8. The molecule has 1 aromatic heterocycles. The number of amides is 2. The summed E-state index contributed by atoms with van der Waals surface area (Å²) in [7, 11) is 0. The minimum absolute atomic E-state index is 0.0124. The van der Waals surface area contributed by atoms with E-state index in [2.05, 4.69) is 15.6 Å². The first-order valence-corrected chi connectivity index (χ1v) is 9.74. The van der Waals surface area contributed by atoms with E-state index in [1.807, 2.05) is 26.8 Å². The molecule has 0 fully saturated rings. The van der Waals surface area contributed by atoms with Gasteiger partial charge in [0.2, 0.25) is 0 Å².